The van der Waals surface area contributed by atoms with Gasteiger partial charge in [-0.05, 0) is 24.3 Å². The van der Waals surface area contributed by atoms with Crippen molar-refractivity contribution in [1.82, 2.24) is 15.2 Å². The second-order valence-electron chi connectivity index (χ2n) is 4.54. The fourth-order valence-electron chi connectivity index (χ4n) is 1.81. The summed E-state index contributed by atoms with van der Waals surface area (Å²) in [4.78, 5) is 26.0. The minimum atomic E-state index is -0.516. The van der Waals surface area contributed by atoms with Crippen molar-refractivity contribution in [3.8, 4) is 10.6 Å². The van der Waals surface area contributed by atoms with Crippen LogP contribution in [-0.2, 0) is 0 Å². The Balaban J connectivity index is 1.63. The van der Waals surface area contributed by atoms with E-state index in [2.05, 4.69) is 25.8 Å². The second-order valence-corrected chi connectivity index (χ2v) is 5.51. The van der Waals surface area contributed by atoms with E-state index in [9.17, 15) is 14.9 Å². The summed E-state index contributed by atoms with van der Waals surface area (Å²) in [6.45, 7) is 0. The molecule has 9 nitrogen and oxygen atoms in total. The smallest absolute Gasteiger partial charge is 0.308 e. The number of pyridine rings is 1. The second kappa shape index (κ2) is 6.79. The molecule has 0 aliphatic heterocycles. The summed E-state index contributed by atoms with van der Waals surface area (Å²) in [7, 11) is 0. The van der Waals surface area contributed by atoms with Crippen molar-refractivity contribution in [3.05, 3.63) is 58.9 Å². The number of non-ortho nitro benzene ring substituents is 1. The molecule has 1 aromatic carbocycles. The molecule has 0 unspecified atom stereocenters. The number of benzene rings is 1. The lowest BCUT2D eigenvalue weighted by Gasteiger charge is -2.04. The quantitative estimate of drug-likeness (QED) is 0.554. The number of aromatic nitrogens is 3. The Morgan fingerprint density at radius 1 is 1.12 bits per heavy atom. The number of nitrogens with zero attached hydrogens (tertiary/aromatic N) is 4. The Labute approximate surface area is 139 Å². The van der Waals surface area contributed by atoms with Crippen LogP contribution < -0.4 is 10.6 Å². The number of carbonyl (C=O) groups is 1. The number of nitrogens with one attached hydrogen (secondary N) is 2. The number of hydrogen-bond acceptors (Lipinski definition) is 7. The van der Waals surface area contributed by atoms with Crippen LogP contribution in [0.4, 0.5) is 21.3 Å². The minimum Gasteiger partial charge on any atom is -0.308 e. The molecule has 2 amide bonds. The van der Waals surface area contributed by atoms with Crippen molar-refractivity contribution >= 4 is 33.9 Å². The summed E-state index contributed by atoms with van der Waals surface area (Å²) in [5.74, 6) is 0. The number of nitro benzene ring substituents is 1. The topological polar surface area (TPSA) is 123 Å². The molecule has 10 heteroatoms. The highest BCUT2D eigenvalue weighted by atomic mass is 32.1. The van der Waals surface area contributed by atoms with Gasteiger partial charge in [0.15, 0.2) is 5.01 Å². The zero-order chi connectivity index (χ0) is 16.9. The van der Waals surface area contributed by atoms with Gasteiger partial charge in [-0.15, -0.1) is 10.2 Å². The van der Waals surface area contributed by atoms with Crippen molar-refractivity contribution in [2.24, 2.45) is 0 Å². The Morgan fingerprint density at radius 3 is 2.58 bits per heavy atom. The normalized spacial score (nSPS) is 10.2. The van der Waals surface area contributed by atoms with Crippen LogP contribution in [-0.4, -0.2) is 26.1 Å². The van der Waals surface area contributed by atoms with Gasteiger partial charge in [-0.3, -0.25) is 20.4 Å². The molecule has 2 aromatic heterocycles. The summed E-state index contributed by atoms with van der Waals surface area (Å²) in [6.07, 6.45) is 3.31. The highest BCUT2D eigenvalue weighted by molar-refractivity contribution is 7.18. The Bertz CT molecular complexity index is 866. The zero-order valence-electron chi connectivity index (χ0n) is 12.0. The Hall–Kier alpha value is -3.40. The standard InChI is InChI=1S/C14H10N6O3S/c21-13(16-10-3-5-11(6-4-10)20(22)23)17-14-19-18-12(24-14)9-2-1-7-15-8-9/h1-8H,(H2,16,17,19,21). The predicted molar refractivity (Wildman–Crippen MR) is 88.9 cm³/mol. The molecule has 0 saturated carbocycles. The maximum absolute atomic E-state index is 11.9. The number of amides is 2. The Kier molecular flexibility index (Phi) is 4.38. The summed E-state index contributed by atoms with van der Waals surface area (Å²) in [6, 6.07) is 8.61. The third-order valence-corrected chi connectivity index (χ3v) is 3.78. The van der Waals surface area contributed by atoms with Gasteiger partial charge < -0.3 is 5.32 Å². The first-order valence-electron chi connectivity index (χ1n) is 6.68. The van der Waals surface area contributed by atoms with Gasteiger partial charge in [0.25, 0.3) is 5.69 Å². The molecule has 24 heavy (non-hydrogen) atoms. The number of urea groups is 1. The van der Waals surface area contributed by atoms with E-state index in [4.69, 9.17) is 0 Å². The maximum Gasteiger partial charge on any atom is 0.325 e. The fraction of sp³-hybridized carbons (Fsp3) is 0. The lowest BCUT2D eigenvalue weighted by Crippen LogP contribution is -2.19. The number of nitro groups is 1. The minimum absolute atomic E-state index is 0.0498. The van der Waals surface area contributed by atoms with Crippen molar-refractivity contribution < 1.29 is 9.72 Å². The third-order valence-electron chi connectivity index (χ3n) is 2.89. The molecular formula is C14H10N6O3S. The molecule has 0 aliphatic rings. The largest absolute Gasteiger partial charge is 0.325 e. The van der Waals surface area contributed by atoms with Crippen molar-refractivity contribution in [1.29, 1.82) is 0 Å². The van der Waals surface area contributed by atoms with E-state index in [0.29, 0.717) is 15.8 Å². The monoisotopic (exact) mass is 342 g/mol. The number of hydrogen-bond donors (Lipinski definition) is 2. The van der Waals surface area contributed by atoms with Crippen molar-refractivity contribution in [2.75, 3.05) is 10.6 Å². The van der Waals surface area contributed by atoms with Crippen molar-refractivity contribution in [3.63, 3.8) is 0 Å². The van der Waals surface area contributed by atoms with E-state index >= 15 is 0 Å². The van der Waals surface area contributed by atoms with Crippen LogP contribution in [0.15, 0.2) is 48.8 Å². The van der Waals surface area contributed by atoms with E-state index in [1.54, 1.807) is 18.5 Å². The van der Waals surface area contributed by atoms with E-state index in [-0.39, 0.29) is 5.69 Å². The van der Waals surface area contributed by atoms with Crippen LogP contribution in [0.1, 0.15) is 0 Å². The molecule has 120 valence electrons. The highest BCUT2D eigenvalue weighted by Gasteiger charge is 2.10. The molecule has 3 aromatic rings. The van der Waals surface area contributed by atoms with E-state index in [1.165, 1.54) is 35.6 Å². The van der Waals surface area contributed by atoms with Gasteiger partial charge in [-0.25, -0.2) is 4.79 Å². The average Bonchev–Trinajstić information content (AvgIpc) is 3.04. The summed E-state index contributed by atoms with van der Waals surface area (Å²) >= 11 is 1.21. The third kappa shape index (κ3) is 3.67. The van der Waals surface area contributed by atoms with Gasteiger partial charge in [0.05, 0.1) is 4.92 Å². The van der Waals surface area contributed by atoms with Crippen LogP contribution in [0.3, 0.4) is 0 Å². The van der Waals surface area contributed by atoms with E-state index < -0.39 is 11.0 Å². The molecule has 0 aliphatic carbocycles. The maximum atomic E-state index is 11.9. The summed E-state index contributed by atoms with van der Waals surface area (Å²) in [5.41, 5.74) is 1.18. The zero-order valence-corrected chi connectivity index (χ0v) is 12.9. The average molecular weight is 342 g/mol. The molecule has 2 N–H and O–H groups in total. The van der Waals surface area contributed by atoms with Gasteiger partial charge in [0, 0.05) is 35.8 Å². The molecule has 0 radical (unpaired) electrons. The SMILES string of the molecule is O=C(Nc1ccc([N+](=O)[O-])cc1)Nc1nnc(-c2cccnc2)s1. The van der Waals surface area contributed by atoms with Crippen LogP contribution in [0.25, 0.3) is 10.6 Å². The molecule has 2 heterocycles. The molecule has 0 bridgehead atoms. The molecule has 0 spiro atoms. The van der Waals surface area contributed by atoms with Crippen LogP contribution in [0.2, 0.25) is 0 Å². The summed E-state index contributed by atoms with van der Waals surface area (Å²) < 4.78 is 0. The van der Waals surface area contributed by atoms with E-state index in [0.717, 1.165) is 5.56 Å². The van der Waals surface area contributed by atoms with Gasteiger partial charge in [-0.1, -0.05) is 11.3 Å². The molecular weight excluding hydrogens is 332 g/mol. The summed E-state index contributed by atoms with van der Waals surface area (Å²) in [5, 5.41) is 24.5. The van der Waals surface area contributed by atoms with Crippen LogP contribution in [0, 0.1) is 10.1 Å². The lowest BCUT2D eigenvalue weighted by molar-refractivity contribution is -0.384. The van der Waals surface area contributed by atoms with Gasteiger partial charge >= 0.3 is 6.03 Å². The first kappa shape index (κ1) is 15.5. The predicted octanol–water partition coefficient (Wildman–Crippen LogP) is 3.15. The molecule has 3 rings (SSSR count). The van der Waals surface area contributed by atoms with Crippen LogP contribution >= 0.6 is 11.3 Å². The van der Waals surface area contributed by atoms with Gasteiger partial charge in [0.1, 0.15) is 0 Å². The molecule has 0 saturated heterocycles. The van der Waals surface area contributed by atoms with Crippen molar-refractivity contribution in [2.45, 2.75) is 0 Å². The Morgan fingerprint density at radius 2 is 1.92 bits per heavy atom. The first-order chi connectivity index (χ1) is 11.6. The number of carbonyl (C=O) groups excluding carboxylic acids is 1. The molecule has 0 atom stereocenters. The number of anilines is 2. The lowest BCUT2D eigenvalue weighted by atomic mass is 10.3. The van der Waals surface area contributed by atoms with Gasteiger partial charge in [-0.2, -0.15) is 0 Å². The number of rotatable bonds is 4. The van der Waals surface area contributed by atoms with Gasteiger partial charge in [0.2, 0.25) is 5.13 Å². The van der Waals surface area contributed by atoms with Crippen LogP contribution in [0.5, 0.6) is 0 Å². The highest BCUT2D eigenvalue weighted by Crippen LogP contribution is 2.25. The molecule has 0 fully saturated rings. The van der Waals surface area contributed by atoms with E-state index in [1.807, 2.05) is 6.07 Å². The fourth-order valence-corrected chi connectivity index (χ4v) is 2.53. The first-order valence-corrected chi connectivity index (χ1v) is 7.50.